The third kappa shape index (κ3) is 3.84. The van der Waals surface area contributed by atoms with Crippen molar-refractivity contribution in [2.45, 2.75) is 25.4 Å². The first-order valence-electron chi connectivity index (χ1n) is 6.99. The van der Waals surface area contributed by atoms with Gasteiger partial charge in [0.05, 0.1) is 5.75 Å². The van der Waals surface area contributed by atoms with Gasteiger partial charge in [-0.3, -0.25) is 4.79 Å². The maximum absolute atomic E-state index is 12.1. The van der Waals surface area contributed by atoms with Crippen LogP contribution >= 0.6 is 11.6 Å². The summed E-state index contributed by atoms with van der Waals surface area (Å²) in [7, 11) is -3.23. The highest BCUT2D eigenvalue weighted by atomic mass is 35.5. The van der Waals surface area contributed by atoms with Gasteiger partial charge in [0.25, 0.3) is 5.91 Å². The molecule has 0 aromatic heterocycles. The average Bonchev–Trinajstić information content (AvgIpc) is 2.99. The van der Waals surface area contributed by atoms with E-state index >= 15 is 0 Å². The van der Waals surface area contributed by atoms with Crippen molar-refractivity contribution in [3.63, 3.8) is 0 Å². The Kier molecular flexibility index (Phi) is 5.65. The summed E-state index contributed by atoms with van der Waals surface area (Å²) in [6.07, 6.45) is 1.82. The number of alkyl halides is 1. The largest absolute Gasteiger partial charge is 0.368 e. The number of rotatable bonds is 5. The van der Waals surface area contributed by atoms with Gasteiger partial charge < -0.3 is 9.64 Å². The minimum Gasteiger partial charge on any atom is -0.368 e. The highest BCUT2D eigenvalue weighted by molar-refractivity contribution is 7.89. The molecular formula is C12H21ClN2O4S. The summed E-state index contributed by atoms with van der Waals surface area (Å²) in [6.45, 7) is 2.26. The van der Waals surface area contributed by atoms with Gasteiger partial charge in [0, 0.05) is 38.7 Å². The van der Waals surface area contributed by atoms with Crippen molar-refractivity contribution < 1.29 is 17.9 Å². The summed E-state index contributed by atoms with van der Waals surface area (Å²) in [5.41, 5.74) is 0. The molecule has 0 radical (unpaired) electrons. The molecule has 0 aliphatic carbocycles. The summed E-state index contributed by atoms with van der Waals surface area (Å²) in [5, 5.41) is 0. The highest BCUT2D eigenvalue weighted by Gasteiger charge is 2.33. The first kappa shape index (κ1) is 16.0. The van der Waals surface area contributed by atoms with E-state index in [0.717, 1.165) is 12.8 Å². The molecule has 1 unspecified atom stereocenters. The molecule has 2 heterocycles. The predicted molar refractivity (Wildman–Crippen MR) is 76.3 cm³/mol. The quantitative estimate of drug-likeness (QED) is 0.681. The Morgan fingerprint density at radius 1 is 1.25 bits per heavy atom. The van der Waals surface area contributed by atoms with Gasteiger partial charge in [-0.1, -0.05) is 0 Å². The van der Waals surface area contributed by atoms with E-state index < -0.39 is 10.0 Å². The lowest BCUT2D eigenvalue weighted by atomic mass is 10.2. The van der Waals surface area contributed by atoms with Gasteiger partial charge in [-0.25, -0.2) is 8.42 Å². The Labute approximate surface area is 125 Å². The van der Waals surface area contributed by atoms with Crippen LogP contribution in [0.4, 0.5) is 0 Å². The van der Waals surface area contributed by atoms with Crippen LogP contribution in [0.2, 0.25) is 0 Å². The lowest BCUT2D eigenvalue weighted by molar-refractivity contribution is -0.142. The molecule has 2 saturated heterocycles. The summed E-state index contributed by atoms with van der Waals surface area (Å²) >= 11 is 5.53. The van der Waals surface area contributed by atoms with Crippen molar-refractivity contribution in [3.05, 3.63) is 0 Å². The van der Waals surface area contributed by atoms with Gasteiger partial charge in [0.15, 0.2) is 0 Å². The number of sulfonamides is 1. The molecule has 0 N–H and O–H groups in total. The summed E-state index contributed by atoms with van der Waals surface area (Å²) < 4.78 is 30.9. The number of carbonyl (C=O) groups is 1. The second kappa shape index (κ2) is 7.06. The molecule has 0 saturated carbocycles. The summed E-state index contributed by atoms with van der Waals surface area (Å²) in [4.78, 5) is 13.9. The van der Waals surface area contributed by atoms with E-state index in [1.807, 2.05) is 0 Å². The van der Waals surface area contributed by atoms with E-state index in [1.165, 1.54) is 4.31 Å². The third-order valence-corrected chi connectivity index (χ3v) is 5.91. The van der Waals surface area contributed by atoms with E-state index in [-0.39, 0.29) is 17.8 Å². The van der Waals surface area contributed by atoms with Crippen molar-refractivity contribution >= 4 is 27.5 Å². The van der Waals surface area contributed by atoms with Crippen LogP contribution in [-0.4, -0.2) is 74.1 Å². The Hall–Kier alpha value is -0.370. The van der Waals surface area contributed by atoms with E-state index in [9.17, 15) is 13.2 Å². The molecule has 2 fully saturated rings. The number of halogens is 1. The number of amides is 1. The van der Waals surface area contributed by atoms with Gasteiger partial charge in [-0.2, -0.15) is 4.31 Å². The monoisotopic (exact) mass is 324 g/mol. The standard InChI is InChI=1S/C12H21ClN2O4S/c13-4-2-10-20(17,18)15-7-5-14(6-8-15)12(16)11-3-1-9-19-11/h11H,1-10H2. The van der Waals surface area contributed by atoms with Gasteiger partial charge in [-0.15, -0.1) is 11.6 Å². The van der Waals surface area contributed by atoms with Gasteiger partial charge in [-0.05, 0) is 19.3 Å². The van der Waals surface area contributed by atoms with Crippen molar-refractivity contribution in [1.29, 1.82) is 0 Å². The number of hydrogen-bond acceptors (Lipinski definition) is 4. The van der Waals surface area contributed by atoms with Crippen LogP contribution in [0.5, 0.6) is 0 Å². The zero-order chi connectivity index (χ0) is 14.6. The van der Waals surface area contributed by atoms with Crippen LogP contribution in [0.3, 0.4) is 0 Å². The average molecular weight is 325 g/mol. The smallest absolute Gasteiger partial charge is 0.251 e. The van der Waals surface area contributed by atoms with Crippen LogP contribution in [0.25, 0.3) is 0 Å². The second-order valence-electron chi connectivity index (χ2n) is 5.08. The third-order valence-electron chi connectivity index (χ3n) is 3.68. The fourth-order valence-corrected chi connectivity index (χ4v) is 4.31. The highest BCUT2D eigenvalue weighted by Crippen LogP contribution is 2.17. The lowest BCUT2D eigenvalue weighted by Gasteiger charge is -2.35. The molecule has 2 aliphatic rings. The second-order valence-corrected chi connectivity index (χ2v) is 7.55. The fraction of sp³-hybridized carbons (Fsp3) is 0.917. The number of carbonyl (C=O) groups excluding carboxylic acids is 1. The van der Waals surface area contributed by atoms with Crippen molar-refractivity contribution in [2.24, 2.45) is 0 Å². The Balaban J connectivity index is 1.84. The fourth-order valence-electron chi connectivity index (χ4n) is 2.53. The van der Waals surface area contributed by atoms with Crippen LogP contribution in [0.1, 0.15) is 19.3 Å². The molecule has 0 spiro atoms. The van der Waals surface area contributed by atoms with Crippen LogP contribution in [-0.2, 0) is 19.6 Å². The predicted octanol–water partition coefficient (Wildman–Crippen LogP) is 0.268. The topological polar surface area (TPSA) is 66.9 Å². The zero-order valence-electron chi connectivity index (χ0n) is 11.5. The van der Waals surface area contributed by atoms with Gasteiger partial charge in [0.2, 0.25) is 10.0 Å². The molecule has 6 nitrogen and oxygen atoms in total. The molecule has 1 atom stereocenters. The van der Waals surface area contributed by atoms with Crippen molar-refractivity contribution in [2.75, 3.05) is 44.4 Å². The van der Waals surface area contributed by atoms with Gasteiger partial charge in [0.1, 0.15) is 6.10 Å². The SMILES string of the molecule is O=C(C1CCCO1)N1CCN(S(=O)(=O)CCCCl)CC1. The number of hydrogen-bond donors (Lipinski definition) is 0. The molecule has 1 amide bonds. The molecular weight excluding hydrogens is 304 g/mol. The molecule has 2 aliphatic heterocycles. The zero-order valence-corrected chi connectivity index (χ0v) is 13.0. The van der Waals surface area contributed by atoms with Crippen LogP contribution in [0.15, 0.2) is 0 Å². The normalized spacial score (nSPS) is 25.1. The Bertz CT molecular complexity index is 429. The van der Waals surface area contributed by atoms with E-state index in [2.05, 4.69) is 0 Å². The maximum Gasteiger partial charge on any atom is 0.251 e. The van der Waals surface area contributed by atoms with Crippen molar-refractivity contribution in [1.82, 2.24) is 9.21 Å². The van der Waals surface area contributed by atoms with E-state index in [1.54, 1.807) is 4.90 Å². The molecule has 0 aromatic rings. The minimum atomic E-state index is -3.23. The minimum absolute atomic E-state index is 0.000283. The van der Waals surface area contributed by atoms with Crippen LogP contribution in [0, 0.1) is 0 Å². The van der Waals surface area contributed by atoms with E-state index in [4.69, 9.17) is 16.3 Å². The lowest BCUT2D eigenvalue weighted by Crippen LogP contribution is -2.53. The molecule has 20 heavy (non-hydrogen) atoms. The number of nitrogens with zero attached hydrogens (tertiary/aromatic N) is 2. The molecule has 0 bridgehead atoms. The van der Waals surface area contributed by atoms with Gasteiger partial charge >= 0.3 is 0 Å². The Morgan fingerprint density at radius 2 is 1.95 bits per heavy atom. The molecule has 116 valence electrons. The Morgan fingerprint density at radius 3 is 2.50 bits per heavy atom. The van der Waals surface area contributed by atoms with Crippen LogP contribution < -0.4 is 0 Å². The van der Waals surface area contributed by atoms with E-state index in [0.29, 0.717) is 45.1 Å². The summed E-state index contributed by atoms with van der Waals surface area (Å²) in [5.74, 6) is 0.424. The molecule has 8 heteroatoms. The number of ether oxygens (including phenoxy) is 1. The summed E-state index contributed by atoms with van der Waals surface area (Å²) in [6, 6.07) is 0. The molecule has 2 rings (SSSR count). The number of piperazine rings is 1. The van der Waals surface area contributed by atoms with Crippen molar-refractivity contribution in [3.8, 4) is 0 Å². The maximum atomic E-state index is 12.1. The first-order chi connectivity index (χ1) is 9.54. The molecule has 0 aromatic carbocycles. The first-order valence-corrected chi connectivity index (χ1v) is 9.13.